The first kappa shape index (κ1) is 17.0. The Kier molecular flexibility index (Phi) is 5.54. The van der Waals surface area contributed by atoms with Crippen molar-refractivity contribution in [2.45, 2.75) is 50.2 Å². The van der Waals surface area contributed by atoms with Crippen LogP contribution in [0.3, 0.4) is 0 Å². The molecule has 118 valence electrons. The normalized spacial score (nSPS) is 16.8. The number of hydrogen-bond donors (Lipinski definition) is 1. The van der Waals surface area contributed by atoms with Crippen LogP contribution in [0.1, 0.15) is 38.2 Å². The number of benzene rings is 1. The van der Waals surface area contributed by atoms with Crippen LogP contribution in [-0.4, -0.2) is 30.4 Å². The van der Waals surface area contributed by atoms with Crippen molar-refractivity contribution in [3.63, 3.8) is 0 Å². The molecule has 1 fully saturated rings. The lowest BCUT2D eigenvalue weighted by Gasteiger charge is -2.27. The molecule has 7 heteroatoms. The maximum Gasteiger partial charge on any atom is 0.244 e. The number of aliphatic hydroxyl groups excluding tert-OH is 1. The Morgan fingerprint density at radius 3 is 2.38 bits per heavy atom. The summed E-state index contributed by atoms with van der Waals surface area (Å²) in [6, 6.07) is 2.78. The second-order valence-electron chi connectivity index (χ2n) is 5.18. The first-order valence-electron chi connectivity index (χ1n) is 7.02. The molecule has 0 aromatic heterocycles. The van der Waals surface area contributed by atoms with Crippen molar-refractivity contribution >= 4 is 33.2 Å². The number of rotatable bonds is 5. The van der Waals surface area contributed by atoms with Crippen molar-refractivity contribution in [3.8, 4) is 0 Å². The highest BCUT2D eigenvalue weighted by molar-refractivity contribution is 7.89. The quantitative estimate of drug-likeness (QED) is 0.883. The number of halogens is 2. The van der Waals surface area contributed by atoms with Gasteiger partial charge in [-0.15, -0.1) is 0 Å². The van der Waals surface area contributed by atoms with Gasteiger partial charge in [-0.2, -0.15) is 4.31 Å². The number of hydrogen-bond acceptors (Lipinski definition) is 3. The molecule has 0 saturated heterocycles. The van der Waals surface area contributed by atoms with Crippen LogP contribution in [0.5, 0.6) is 0 Å². The molecule has 0 bridgehead atoms. The largest absolute Gasteiger partial charge is 0.392 e. The Morgan fingerprint density at radius 2 is 1.86 bits per heavy atom. The lowest BCUT2D eigenvalue weighted by molar-refractivity contribution is 0.281. The summed E-state index contributed by atoms with van der Waals surface area (Å²) in [6.07, 6.45) is 3.86. The van der Waals surface area contributed by atoms with E-state index in [9.17, 15) is 13.5 Å². The summed E-state index contributed by atoms with van der Waals surface area (Å²) in [7, 11) is -3.68. The molecule has 1 saturated carbocycles. The van der Waals surface area contributed by atoms with Crippen molar-refractivity contribution in [1.82, 2.24) is 4.31 Å². The van der Waals surface area contributed by atoms with E-state index >= 15 is 0 Å². The summed E-state index contributed by atoms with van der Waals surface area (Å²) in [4.78, 5) is 0.0198. The molecule has 1 aliphatic carbocycles. The molecular formula is C14H19Cl2NO3S. The van der Waals surface area contributed by atoms with Crippen LogP contribution in [0.2, 0.25) is 10.0 Å². The van der Waals surface area contributed by atoms with E-state index in [0.29, 0.717) is 12.1 Å². The minimum absolute atomic E-state index is 0.0198. The van der Waals surface area contributed by atoms with Crippen molar-refractivity contribution in [2.75, 3.05) is 6.54 Å². The fourth-order valence-electron chi connectivity index (χ4n) is 2.83. The average Bonchev–Trinajstić information content (AvgIpc) is 2.92. The highest BCUT2D eigenvalue weighted by Gasteiger charge is 2.33. The minimum atomic E-state index is -3.68. The van der Waals surface area contributed by atoms with Gasteiger partial charge in [0, 0.05) is 17.6 Å². The van der Waals surface area contributed by atoms with Gasteiger partial charge in [0.15, 0.2) is 0 Å². The molecule has 4 nitrogen and oxygen atoms in total. The summed E-state index contributed by atoms with van der Waals surface area (Å²) in [6.45, 7) is 1.90. The molecule has 0 heterocycles. The molecule has 0 radical (unpaired) electrons. The molecule has 0 atom stereocenters. The maximum absolute atomic E-state index is 12.9. The topological polar surface area (TPSA) is 57.6 Å². The Labute approximate surface area is 135 Å². The third-order valence-corrected chi connectivity index (χ3v) is 6.75. The average molecular weight is 352 g/mol. The zero-order chi connectivity index (χ0) is 15.6. The van der Waals surface area contributed by atoms with E-state index in [-0.39, 0.29) is 27.6 Å². The number of nitrogens with zero attached hydrogens (tertiary/aromatic N) is 1. The van der Waals surface area contributed by atoms with Crippen molar-refractivity contribution in [2.24, 2.45) is 0 Å². The number of sulfonamides is 1. The zero-order valence-electron chi connectivity index (χ0n) is 11.8. The summed E-state index contributed by atoms with van der Waals surface area (Å²) < 4.78 is 27.2. The monoisotopic (exact) mass is 351 g/mol. The van der Waals surface area contributed by atoms with Crippen LogP contribution in [0, 0.1) is 0 Å². The van der Waals surface area contributed by atoms with Crippen LogP contribution in [0.15, 0.2) is 17.0 Å². The molecule has 1 N–H and O–H groups in total. The van der Waals surface area contributed by atoms with Crippen LogP contribution in [-0.2, 0) is 16.6 Å². The second kappa shape index (κ2) is 6.84. The number of aliphatic hydroxyl groups is 1. The second-order valence-corrected chi connectivity index (χ2v) is 7.85. The first-order valence-corrected chi connectivity index (χ1v) is 9.22. The zero-order valence-corrected chi connectivity index (χ0v) is 14.2. The Balaban J connectivity index is 2.47. The Bertz CT molecular complexity index is 613. The van der Waals surface area contributed by atoms with E-state index in [4.69, 9.17) is 23.2 Å². The van der Waals surface area contributed by atoms with Gasteiger partial charge in [0.25, 0.3) is 0 Å². The smallest absolute Gasteiger partial charge is 0.244 e. The van der Waals surface area contributed by atoms with Crippen molar-refractivity contribution in [3.05, 3.63) is 27.7 Å². The molecule has 1 aliphatic rings. The predicted molar refractivity (Wildman–Crippen MR) is 84.2 cm³/mol. The molecular weight excluding hydrogens is 333 g/mol. The summed E-state index contributed by atoms with van der Waals surface area (Å²) in [5.41, 5.74) is 0.363. The minimum Gasteiger partial charge on any atom is -0.392 e. The van der Waals surface area contributed by atoms with Gasteiger partial charge in [0.05, 0.1) is 11.6 Å². The van der Waals surface area contributed by atoms with Gasteiger partial charge in [0.1, 0.15) is 4.90 Å². The van der Waals surface area contributed by atoms with E-state index < -0.39 is 10.0 Å². The van der Waals surface area contributed by atoms with E-state index in [1.165, 1.54) is 16.4 Å². The van der Waals surface area contributed by atoms with Crippen LogP contribution < -0.4 is 0 Å². The Morgan fingerprint density at radius 1 is 1.24 bits per heavy atom. The van der Waals surface area contributed by atoms with E-state index in [1.807, 2.05) is 6.92 Å². The van der Waals surface area contributed by atoms with Crippen LogP contribution in [0.25, 0.3) is 0 Å². The van der Waals surface area contributed by atoms with Crippen LogP contribution in [0.4, 0.5) is 0 Å². The lowest BCUT2D eigenvalue weighted by Crippen LogP contribution is -2.38. The third-order valence-electron chi connectivity index (χ3n) is 3.90. The lowest BCUT2D eigenvalue weighted by atomic mass is 10.2. The summed E-state index contributed by atoms with van der Waals surface area (Å²) >= 11 is 12.0. The van der Waals surface area contributed by atoms with Crippen molar-refractivity contribution in [1.29, 1.82) is 0 Å². The van der Waals surface area contributed by atoms with Gasteiger partial charge < -0.3 is 5.11 Å². The predicted octanol–water partition coefficient (Wildman–Crippen LogP) is 3.44. The molecule has 0 amide bonds. The molecule has 2 rings (SSSR count). The van der Waals surface area contributed by atoms with Crippen LogP contribution >= 0.6 is 23.2 Å². The summed E-state index contributed by atoms with van der Waals surface area (Å²) in [5, 5.41) is 9.63. The SMILES string of the molecule is CCN(C1CCCC1)S(=O)(=O)c1cc(CO)c(Cl)cc1Cl. The Hall–Kier alpha value is -0.330. The fourth-order valence-corrected chi connectivity index (χ4v) is 5.36. The van der Waals surface area contributed by atoms with Gasteiger partial charge in [-0.3, -0.25) is 0 Å². The summed E-state index contributed by atoms with van der Waals surface area (Å²) in [5.74, 6) is 0. The third kappa shape index (κ3) is 3.37. The maximum atomic E-state index is 12.9. The van der Waals surface area contributed by atoms with Crippen molar-refractivity contribution < 1.29 is 13.5 Å². The fraction of sp³-hybridized carbons (Fsp3) is 0.571. The van der Waals surface area contributed by atoms with E-state index in [0.717, 1.165) is 25.7 Å². The molecule has 0 unspecified atom stereocenters. The first-order chi connectivity index (χ1) is 9.91. The molecule has 1 aromatic carbocycles. The molecule has 1 aromatic rings. The molecule has 21 heavy (non-hydrogen) atoms. The standard InChI is InChI=1S/C14H19Cl2NO3S/c1-2-17(11-5-3-4-6-11)21(19,20)14-7-10(9-18)12(15)8-13(14)16/h7-8,11,18H,2-6,9H2,1H3. The van der Waals surface area contributed by atoms with E-state index in [1.54, 1.807) is 0 Å². The van der Waals surface area contributed by atoms with Gasteiger partial charge in [-0.1, -0.05) is 43.0 Å². The molecule has 0 aliphatic heterocycles. The van der Waals surface area contributed by atoms with Gasteiger partial charge in [-0.05, 0) is 30.5 Å². The van der Waals surface area contributed by atoms with Gasteiger partial charge >= 0.3 is 0 Å². The highest BCUT2D eigenvalue weighted by atomic mass is 35.5. The molecule has 0 spiro atoms. The van der Waals surface area contributed by atoms with Gasteiger partial charge in [-0.25, -0.2) is 8.42 Å². The highest BCUT2D eigenvalue weighted by Crippen LogP contribution is 2.34. The van der Waals surface area contributed by atoms with E-state index in [2.05, 4.69) is 0 Å². The van der Waals surface area contributed by atoms with Gasteiger partial charge in [0.2, 0.25) is 10.0 Å².